The smallest absolute Gasteiger partial charge is 0.142 e. The zero-order chi connectivity index (χ0) is 10.1. The van der Waals surface area contributed by atoms with Crippen LogP contribution in [0.4, 0.5) is 5.82 Å². The molecule has 0 aliphatic heterocycles. The van der Waals surface area contributed by atoms with E-state index in [0.717, 1.165) is 23.0 Å². The van der Waals surface area contributed by atoms with E-state index in [2.05, 4.69) is 18.8 Å². The van der Waals surface area contributed by atoms with Crippen LogP contribution in [0.2, 0.25) is 0 Å². The van der Waals surface area contributed by atoms with E-state index in [1.54, 1.807) is 12.5 Å². The van der Waals surface area contributed by atoms with Gasteiger partial charge in [0.05, 0.1) is 6.26 Å². The molecular formula is C11H14N2O. The average Bonchev–Trinajstić information content (AvgIpc) is 2.64. The van der Waals surface area contributed by atoms with E-state index in [1.807, 2.05) is 6.07 Å². The maximum atomic E-state index is 5.85. The first kappa shape index (κ1) is 9.06. The Morgan fingerprint density at radius 2 is 2.36 bits per heavy atom. The summed E-state index contributed by atoms with van der Waals surface area (Å²) in [5.74, 6) is 0.971. The number of anilines is 1. The van der Waals surface area contributed by atoms with Crippen molar-refractivity contribution in [1.82, 2.24) is 4.98 Å². The monoisotopic (exact) mass is 190 g/mol. The molecule has 2 rings (SSSR count). The van der Waals surface area contributed by atoms with Crippen LogP contribution in [-0.4, -0.2) is 4.98 Å². The second-order valence-electron chi connectivity index (χ2n) is 3.57. The number of pyridine rings is 1. The molecule has 0 radical (unpaired) electrons. The lowest BCUT2D eigenvalue weighted by molar-refractivity contribution is 0.601. The molecule has 2 aromatic rings. The summed E-state index contributed by atoms with van der Waals surface area (Å²) in [4.78, 5) is 4.17. The molecule has 2 aromatic heterocycles. The molecule has 14 heavy (non-hydrogen) atoms. The van der Waals surface area contributed by atoms with Gasteiger partial charge in [-0.25, -0.2) is 4.98 Å². The Morgan fingerprint density at radius 1 is 1.57 bits per heavy atom. The number of nitrogens with zero attached hydrogens (tertiary/aromatic N) is 1. The highest BCUT2D eigenvalue weighted by molar-refractivity contribution is 5.83. The van der Waals surface area contributed by atoms with Crippen LogP contribution in [0, 0.1) is 0 Å². The minimum Gasteiger partial charge on any atom is -0.464 e. The normalized spacial score (nSPS) is 13.3. The fourth-order valence-corrected chi connectivity index (χ4v) is 1.65. The molecule has 0 bridgehead atoms. The van der Waals surface area contributed by atoms with Gasteiger partial charge in [0.2, 0.25) is 0 Å². The number of fused-ring (bicyclic) bond motifs is 1. The molecular weight excluding hydrogens is 176 g/mol. The molecule has 0 saturated heterocycles. The van der Waals surface area contributed by atoms with Crippen LogP contribution in [0.25, 0.3) is 11.0 Å². The lowest BCUT2D eigenvalue weighted by atomic mass is 9.98. The van der Waals surface area contributed by atoms with Crippen LogP contribution in [0.1, 0.15) is 31.7 Å². The number of aromatic nitrogens is 1. The van der Waals surface area contributed by atoms with E-state index in [4.69, 9.17) is 10.2 Å². The van der Waals surface area contributed by atoms with E-state index in [1.165, 1.54) is 0 Å². The summed E-state index contributed by atoms with van der Waals surface area (Å²) in [6.07, 6.45) is 4.46. The lowest BCUT2D eigenvalue weighted by Crippen LogP contribution is -2.01. The average molecular weight is 190 g/mol. The molecule has 2 N–H and O–H groups in total. The highest BCUT2D eigenvalue weighted by Crippen LogP contribution is 2.31. The van der Waals surface area contributed by atoms with Gasteiger partial charge in [-0.15, -0.1) is 0 Å². The molecule has 0 aliphatic carbocycles. The van der Waals surface area contributed by atoms with Crippen LogP contribution in [0.3, 0.4) is 0 Å². The van der Waals surface area contributed by atoms with Crippen LogP contribution in [-0.2, 0) is 0 Å². The number of furan rings is 1. The van der Waals surface area contributed by atoms with E-state index < -0.39 is 0 Å². The summed E-state index contributed by atoms with van der Waals surface area (Å²) < 4.78 is 5.43. The van der Waals surface area contributed by atoms with Gasteiger partial charge in [0.1, 0.15) is 11.4 Å². The first-order chi connectivity index (χ1) is 6.74. The van der Waals surface area contributed by atoms with Crippen LogP contribution >= 0.6 is 0 Å². The van der Waals surface area contributed by atoms with E-state index >= 15 is 0 Å². The maximum absolute atomic E-state index is 5.85. The third-order valence-electron chi connectivity index (χ3n) is 2.66. The summed E-state index contributed by atoms with van der Waals surface area (Å²) in [5.41, 5.74) is 7.77. The lowest BCUT2D eigenvalue weighted by Gasteiger charge is -2.11. The Labute approximate surface area is 82.9 Å². The summed E-state index contributed by atoms with van der Waals surface area (Å²) in [5, 5.41) is 1.02. The second kappa shape index (κ2) is 3.33. The van der Waals surface area contributed by atoms with Gasteiger partial charge in [-0.05, 0) is 18.4 Å². The quantitative estimate of drug-likeness (QED) is 0.792. The Kier molecular flexibility index (Phi) is 2.15. The van der Waals surface area contributed by atoms with Crippen LogP contribution in [0.15, 0.2) is 22.9 Å². The first-order valence-corrected chi connectivity index (χ1v) is 4.85. The van der Waals surface area contributed by atoms with Crippen molar-refractivity contribution in [2.45, 2.75) is 26.2 Å². The van der Waals surface area contributed by atoms with Crippen LogP contribution < -0.4 is 5.73 Å². The third-order valence-corrected chi connectivity index (χ3v) is 2.66. The van der Waals surface area contributed by atoms with Crippen molar-refractivity contribution in [3.8, 4) is 0 Å². The summed E-state index contributed by atoms with van der Waals surface area (Å²) in [6.45, 7) is 4.27. The van der Waals surface area contributed by atoms with Crippen molar-refractivity contribution in [3.05, 3.63) is 24.1 Å². The van der Waals surface area contributed by atoms with Crippen molar-refractivity contribution in [3.63, 3.8) is 0 Å². The van der Waals surface area contributed by atoms with Crippen molar-refractivity contribution in [2.24, 2.45) is 0 Å². The number of hydrogen-bond acceptors (Lipinski definition) is 3. The highest BCUT2D eigenvalue weighted by Gasteiger charge is 2.14. The summed E-state index contributed by atoms with van der Waals surface area (Å²) >= 11 is 0. The molecule has 0 saturated carbocycles. The van der Waals surface area contributed by atoms with Gasteiger partial charge >= 0.3 is 0 Å². The zero-order valence-corrected chi connectivity index (χ0v) is 8.45. The van der Waals surface area contributed by atoms with Gasteiger partial charge in [0.15, 0.2) is 0 Å². The van der Waals surface area contributed by atoms with Gasteiger partial charge in [-0.2, -0.15) is 0 Å². The van der Waals surface area contributed by atoms with E-state index in [9.17, 15) is 0 Å². The minimum absolute atomic E-state index is 0.386. The fraction of sp³-hybridized carbons (Fsp3) is 0.364. The topological polar surface area (TPSA) is 52.0 Å². The molecule has 0 aliphatic rings. The predicted octanol–water partition coefficient (Wildman–Crippen LogP) is 2.92. The number of nitrogens with two attached hydrogens (primary N) is 1. The molecule has 3 nitrogen and oxygen atoms in total. The predicted molar refractivity (Wildman–Crippen MR) is 57.1 cm³/mol. The molecule has 1 atom stereocenters. The van der Waals surface area contributed by atoms with Gasteiger partial charge in [0.25, 0.3) is 0 Å². The van der Waals surface area contributed by atoms with Crippen molar-refractivity contribution >= 4 is 16.8 Å². The second-order valence-corrected chi connectivity index (χ2v) is 3.57. The Balaban J connectivity index is 2.70. The minimum atomic E-state index is 0.386. The summed E-state index contributed by atoms with van der Waals surface area (Å²) in [7, 11) is 0. The number of rotatable bonds is 2. The Hall–Kier alpha value is -1.51. The molecule has 1 unspecified atom stereocenters. The van der Waals surface area contributed by atoms with Gasteiger partial charge in [-0.1, -0.05) is 13.8 Å². The van der Waals surface area contributed by atoms with Crippen molar-refractivity contribution in [2.75, 3.05) is 5.73 Å². The molecule has 0 aromatic carbocycles. The SMILES string of the molecule is CCC(C)c1c(N)ncc2ccoc12. The molecule has 0 amide bonds. The Morgan fingerprint density at radius 3 is 3.07 bits per heavy atom. The Bertz CT molecular complexity index is 447. The van der Waals surface area contributed by atoms with E-state index in [-0.39, 0.29) is 0 Å². The standard InChI is InChI=1S/C11H14N2O/c1-3-7(2)9-10-8(4-5-14-10)6-13-11(9)12/h4-7H,3H2,1-2H3,(H2,12,13). The molecule has 0 spiro atoms. The van der Waals surface area contributed by atoms with Gasteiger partial charge in [0, 0.05) is 17.1 Å². The fourth-order valence-electron chi connectivity index (χ4n) is 1.65. The number of hydrogen-bond donors (Lipinski definition) is 1. The maximum Gasteiger partial charge on any atom is 0.142 e. The third kappa shape index (κ3) is 1.25. The highest BCUT2D eigenvalue weighted by atomic mass is 16.3. The molecule has 2 heterocycles. The molecule has 3 heteroatoms. The van der Waals surface area contributed by atoms with E-state index in [0.29, 0.717) is 11.7 Å². The van der Waals surface area contributed by atoms with Crippen LogP contribution in [0.5, 0.6) is 0 Å². The van der Waals surface area contributed by atoms with Gasteiger partial charge in [-0.3, -0.25) is 0 Å². The number of nitrogen functional groups attached to an aromatic ring is 1. The molecule has 74 valence electrons. The zero-order valence-electron chi connectivity index (χ0n) is 8.45. The van der Waals surface area contributed by atoms with Gasteiger partial charge < -0.3 is 10.2 Å². The van der Waals surface area contributed by atoms with Crippen molar-refractivity contribution < 1.29 is 4.42 Å². The molecule has 0 fully saturated rings. The first-order valence-electron chi connectivity index (χ1n) is 4.85. The largest absolute Gasteiger partial charge is 0.464 e. The van der Waals surface area contributed by atoms with Crippen molar-refractivity contribution in [1.29, 1.82) is 0 Å². The summed E-state index contributed by atoms with van der Waals surface area (Å²) in [6, 6.07) is 1.91.